The average molecular weight is 260 g/mol. The molecule has 2 aromatic rings. The maximum absolute atomic E-state index is 6.08. The molecule has 1 heterocycles. The maximum atomic E-state index is 6.08. The number of aromatic nitrogens is 1. The Labute approximate surface area is 111 Å². The number of nitrogens with two attached hydrogens (primary N) is 1. The van der Waals surface area contributed by atoms with Crippen LogP contribution < -0.4 is 5.73 Å². The van der Waals surface area contributed by atoms with Crippen LogP contribution in [0.5, 0.6) is 0 Å². The highest BCUT2D eigenvalue weighted by atomic mass is 35.5. The van der Waals surface area contributed by atoms with E-state index in [4.69, 9.17) is 17.3 Å². The Kier molecular flexibility index (Phi) is 3.95. The van der Waals surface area contributed by atoms with E-state index in [0.29, 0.717) is 10.8 Å². The van der Waals surface area contributed by atoms with Crippen LogP contribution in [0.1, 0.15) is 12.5 Å². The predicted molar refractivity (Wildman–Crippen MR) is 77.2 cm³/mol. The molecule has 0 aliphatic rings. The van der Waals surface area contributed by atoms with Crippen LogP contribution in [0, 0.1) is 0 Å². The highest BCUT2D eigenvalue weighted by Crippen LogP contribution is 2.27. The Bertz CT molecular complexity index is 579. The molecule has 0 bridgehead atoms. The molecule has 0 saturated carbocycles. The van der Waals surface area contributed by atoms with Crippen LogP contribution in [-0.2, 0) is 0 Å². The van der Waals surface area contributed by atoms with Crippen molar-refractivity contribution in [1.29, 1.82) is 0 Å². The van der Waals surface area contributed by atoms with Crippen molar-refractivity contribution in [2.75, 3.05) is 12.3 Å². The Hall–Kier alpha value is -1.87. The van der Waals surface area contributed by atoms with Crippen molar-refractivity contribution in [3.8, 4) is 11.1 Å². The number of anilines is 1. The fourth-order valence-electron chi connectivity index (χ4n) is 1.65. The summed E-state index contributed by atoms with van der Waals surface area (Å²) in [6, 6.07) is 9.55. The molecule has 0 unspecified atom stereocenters. The van der Waals surface area contributed by atoms with E-state index in [1.165, 1.54) is 0 Å². The van der Waals surface area contributed by atoms with Gasteiger partial charge in [-0.3, -0.25) is 4.99 Å². The summed E-state index contributed by atoms with van der Waals surface area (Å²) in [5.41, 5.74) is 9.39. The molecule has 1 aromatic carbocycles. The summed E-state index contributed by atoms with van der Waals surface area (Å²) in [4.78, 5) is 8.28. The fourth-order valence-corrected chi connectivity index (χ4v) is 1.87. The number of aliphatic imine (C=N–C) groups is 1. The molecule has 2 N–H and O–H groups in total. The van der Waals surface area contributed by atoms with Gasteiger partial charge in [-0.1, -0.05) is 17.7 Å². The van der Waals surface area contributed by atoms with Crippen molar-refractivity contribution in [2.24, 2.45) is 4.99 Å². The van der Waals surface area contributed by atoms with Gasteiger partial charge in [0.05, 0.1) is 0 Å². The van der Waals surface area contributed by atoms with E-state index in [-0.39, 0.29) is 0 Å². The summed E-state index contributed by atoms with van der Waals surface area (Å²) in [5.74, 6) is 0. The zero-order chi connectivity index (χ0) is 13.0. The molecule has 0 atom stereocenters. The van der Waals surface area contributed by atoms with Gasteiger partial charge in [-0.05, 0) is 36.8 Å². The minimum atomic E-state index is 0.487. The molecule has 4 heteroatoms. The topological polar surface area (TPSA) is 51.3 Å². The third-order valence-electron chi connectivity index (χ3n) is 2.57. The van der Waals surface area contributed by atoms with Crippen LogP contribution in [0.4, 0.5) is 5.69 Å². The van der Waals surface area contributed by atoms with E-state index in [1.54, 1.807) is 12.4 Å². The van der Waals surface area contributed by atoms with E-state index < -0.39 is 0 Å². The molecule has 92 valence electrons. The summed E-state index contributed by atoms with van der Waals surface area (Å²) in [7, 11) is 0. The number of halogens is 1. The molecule has 18 heavy (non-hydrogen) atoms. The molecule has 0 radical (unpaired) electrons. The second-order valence-electron chi connectivity index (χ2n) is 3.81. The van der Waals surface area contributed by atoms with Crippen molar-refractivity contribution in [3.63, 3.8) is 0 Å². The second kappa shape index (κ2) is 5.65. The smallest absolute Gasteiger partial charge is 0.136 e. The first-order valence-electron chi connectivity index (χ1n) is 5.72. The van der Waals surface area contributed by atoms with E-state index in [9.17, 15) is 0 Å². The lowest BCUT2D eigenvalue weighted by Gasteiger charge is -2.06. The SMILES string of the molecule is CCN=Cc1cc(-c2cccnc2Cl)ccc1N. The first-order valence-corrected chi connectivity index (χ1v) is 6.10. The van der Waals surface area contributed by atoms with Crippen molar-refractivity contribution in [2.45, 2.75) is 6.92 Å². The van der Waals surface area contributed by atoms with Crippen molar-refractivity contribution in [1.82, 2.24) is 4.98 Å². The van der Waals surface area contributed by atoms with Gasteiger partial charge >= 0.3 is 0 Å². The average Bonchev–Trinajstić information content (AvgIpc) is 2.39. The van der Waals surface area contributed by atoms with Crippen molar-refractivity contribution in [3.05, 3.63) is 47.2 Å². The minimum absolute atomic E-state index is 0.487. The van der Waals surface area contributed by atoms with Gasteiger partial charge in [0.2, 0.25) is 0 Å². The summed E-state index contributed by atoms with van der Waals surface area (Å²) in [5, 5.41) is 0.487. The molecule has 0 fully saturated rings. The van der Waals surface area contributed by atoms with Crippen molar-refractivity contribution < 1.29 is 0 Å². The normalized spacial score (nSPS) is 11.0. The van der Waals surface area contributed by atoms with E-state index >= 15 is 0 Å². The number of hydrogen-bond acceptors (Lipinski definition) is 3. The van der Waals surface area contributed by atoms with Gasteiger partial charge < -0.3 is 5.73 Å². The fraction of sp³-hybridized carbons (Fsp3) is 0.143. The molecule has 0 amide bonds. The lowest BCUT2D eigenvalue weighted by Crippen LogP contribution is -1.94. The van der Waals surface area contributed by atoms with Gasteiger partial charge in [0.1, 0.15) is 5.15 Å². The zero-order valence-electron chi connectivity index (χ0n) is 10.1. The molecule has 2 rings (SSSR count). The van der Waals surface area contributed by atoms with Crippen LogP contribution in [0.3, 0.4) is 0 Å². The lowest BCUT2D eigenvalue weighted by molar-refractivity contribution is 1.14. The van der Waals surface area contributed by atoms with Gasteiger partial charge in [0.15, 0.2) is 0 Å². The Balaban J connectivity index is 2.47. The number of nitrogens with zero attached hydrogens (tertiary/aromatic N) is 2. The van der Waals surface area contributed by atoms with Gasteiger partial charge in [-0.25, -0.2) is 4.98 Å². The molecular formula is C14H14ClN3. The van der Waals surface area contributed by atoms with Crippen molar-refractivity contribution >= 4 is 23.5 Å². The van der Waals surface area contributed by atoms with Gasteiger partial charge in [0.25, 0.3) is 0 Å². The third-order valence-corrected chi connectivity index (χ3v) is 2.87. The quantitative estimate of drug-likeness (QED) is 0.522. The molecule has 3 nitrogen and oxygen atoms in total. The third kappa shape index (κ3) is 2.68. The largest absolute Gasteiger partial charge is 0.398 e. The first kappa shape index (κ1) is 12.6. The predicted octanol–water partition coefficient (Wildman–Crippen LogP) is 3.42. The maximum Gasteiger partial charge on any atom is 0.136 e. The molecular weight excluding hydrogens is 246 g/mol. The Morgan fingerprint density at radius 2 is 2.22 bits per heavy atom. The van der Waals surface area contributed by atoms with Gasteiger partial charge in [-0.15, -0.1) is 0 Å². The standard InChI is InChI=1S/C14H14ClN3/c1-2-17-9-11-8-10(5-6-13(11)16)12-4-3-7-18-14(12)15/h3-9H,2,16H2,1H3. The summed E-state index contributed by atoms with van der Waals surface area (Å²) < 4.78 is 0. The first-order chi connectivity index (χ1) is 8.72. The Morgan fingerprint density at radius 1 is 1.39 bits per heavy atom. The number of nitrogen functional groups attached to an aromatic ring is 1. The molecule has 0 aliphatic carbocycles. The van der Waals surface area contributed by atoms with Crippen LogP contribution in [-0.4, -0.2) is 17.7 Å². The lowest BCUT2D eigenvalue weighted by atomic mass is 10.0. The van der Waals surface area contributed by atoms with E-state index in [1.807, 2.05) is 37.3 Å². The molecule has 0 spiro atoms. The number of benzene rings is 1. The number of hydrogen-bond donors (Lipinski definition) is 1. The number of pyridine rings is 1. The highest BCUT2D eigenvalue weighted by Gasteiger charge is 2.05. The zero-order valence-corrected chi connectivity index (χ0v) is 10.9. The van der Waals surface area contributed by atoms with Crippen LogP contribution in [0.15, 0.2) is 41.5 Å². The molecule has 1 aromatic heterocycles. The van der Waals surface area contributed by atoms with Crippen LogP contribution >= 0.6 is 11.6 Å². The summed E-state index contributed by atoms with van der Waals surface area (Å²) >= 11 is 6.08. The summed E-state index contributed by atoms with van der Waals surface area (Å²) in [6.07, 6.45) is 3.45. The van der Waals surface area contributed by atoms with Gasteiger partial charge in [0, 0.05) is 35.8 Å². The van der Waals surface area contributed by atoms with E-state index in [2.05, 4.69) is 9.98 Å². The molecule has 0 saturated heterocycles. The molecule has 0 aliphatic heterocycles. The van der Waals surface area contributed by atoms with E-state index in [0.717, 1.165) is 23.2 Å². The highest BCUT2D eigenvalue weighted by molar-refractivity contribution is 6.32. The van der Waals surface area contributed by atoms with Crippen LogP contribution in [0.2, 0.25) is 5.15 Å². The van der Waals surface area contributed by atoms with Gasteiger partial charge in [-0.2, -0.15) is 0 Å². The second-order valence-corrected chi connectivity index (χ2v) is 4.17. The Morgan fingerprint density at radius 3 is 2.94 bits per heavy atom. The van der Waals surface area contributed by atoms with Crippen LogP contribution in [0.25, 0.3) is 11.1 Å². The monoisotopic (exact) mass is 259 g/mol. The minimum Gasteiger partial charge on any atom is -0.398 e. The summed E-state index contributed by atoms with van der Waals surface area (Å²) in [6.45, 7) is 2.71. The number of rotatable bonds is 3.